The number of aryl methyl sites for hydroxylation is 1. The molecule has 0 atom stereocenters. The van der Waals surface area contributed by atoms with Gasteiger partial charge in [0, 0.05) is 17.3 Å². The molecule has 0 bridgehead atoms. The van der Waals surface area contributed by atoms with E-state index in [2.05, 4.69) is 42.3 Å². The zero-order valence-electron chi connectivity index (χ0n) is 22.7. The van der Waals surface area contributed by atoms with E-state index in [-0.39, 0.29) is 28.2 Å². The van der Waals surface area contributed by atoms with E-state index >= 15 is 0 Å². The van der Waals surface area contributed by atoms with Crippen molar-refractivity contribution in [2.75, 3.05) is 11.6 Å². The summed E-state index contributed by atoms with van der Waals surface area (Å²) in [7, 11) is -3.76. The second-order valence-corrected chi connectivity index (χ2v) is 13.7. The van der Waals surface area contributed by atoms with E-state index in [1.54, 1.807) is 13.0 Å². The van der Waals surface area contributed by atoms with Gasteiger partial charge in [-0.1, -0.05) is 27.7 Å². The molecule has 39 heavy (non-hydrogen) atoms. The first-order valence-corrected chi connectivity index (χ1v) is 14.4. The molecule has 0 unspecified atom stereocenters. The number of carbonyl (C=O) groups is 1. The lowest BCUT2D eigenvalue weighted by atomic mass is 9.63. The van der Waals surface area contributed by atoms with Crippen LogP contribution in [0, 0.1) is 17.8 Å². The van der Waals surface area contributed by atoms with E-state index in [1.165, 1.54) is 24.3 Å². The summed E-state index contributed by atoms with van der Waals surface area (Å²) in [6.07, 6.45) is -1.11. The van der Waals surface area contributed by atoms with Gasteiger partial charge in [-0.15, -0.1) is 13.2 Å². The smallest absolute Gasteiger partial charge is 0.406 e. The number of sulfonamides is 1. The van der Waals surface area contributed by atoms with Crippen molar-refractivity contribution in [3.05, 3.63) is 47.5 Å². The maximum atomic E-state index is 12.7. The van der Waals surface area contributed by atoms with E-state index in [4.69, 9.17) is 4.98 Å². The second-order valence-electron chi connectivity index (χ2n) is 11.9. The number of nitrogens with one attached hydrogen (secondary N) is 2. The number of anilines is 2. The molecule has 0 radical (unpaired) electrons. The second kappa shape index (κ2) is 9.72. The number of imidazole rings is 1. The van der Waals surface area contributed by atoms with Gasteiger partial charge in [0.15, 0.2) is 0 Å². The number of benzene rings is 2. The summed E-state index contributed by atoms with van der Waals surface area (Å²) in [5.41, 5.74) is 2.60. The maximum Gasteiger partial charge on any atom is 0.573 e. The summed E-state index contributed by atoms with van der Waals surface area (Å²) < 4.78 is 69.1. The Kier molecular flexibility index (Phi) is 7.16. The van der Waals surface area contributed by atoms with Crippen LogP contribution < -0.4 is 14.8 Å². The van der Waals surface area contributed by atoms with E-state index in [1.807, 2.05) is 10.8 Å². The van der Waals surface area contributed by atoms with E-state index in [0.29, 0.717) is 22.7 Å². The van der Waals surface area contributed by atoms with Gasteiger partial charge >= 0.3 is 6.36 Å². The van der Waals surface area contributed by atoms with Gasteiger partial charge in [-0.25, -0.2) is 18.1 Å². The topological polar surface area (TPSA) is 102 Å². The predicted octanol–water partition coefficient (Wildman–Crippen LogP) is 6.45. The molecule has 1 amide bonds. The van der Waals surface area contributed by atoms with Gasteiger partial charge in [0.05, 0.1) is 17.3 Å². The van der Waals surface area contributed by atoms with Crippen molar-refractivity contribution in [2.45, 2.75) is 66.3 Å². The van der Waals surface area contributed by atoms with E-state index in [0.717, 1.165) is 31.0 Å². The first-order chi connectivity index (χ1) is 17.8. The summed E-state index contributed by atoms with van der Waals surface area (Å²) >= 11 is 0. The Labute approximate surface area is 226 Å². The van der Waals surface area contributed by atoms with Crippen LogP contribution in [-0.2, 0) is 10.0 Å². The fourth-order valence-electron chi connectivity index (χ4n) is 6.01. The Balaban J connectivity index is 1.81. The number of hydrogen-bond acceptors (Lipinski definition) is 6. The van der Waals surface area contributed by atoms with Gasteiger partial charge in [-0.05, 0) is 79.0 Å². The molecule has 3 aromatic rings. The van der Waals surface area contributed by atoms with Gasteiger partial charge in [0.1, 0.15) is 5.75 Å². The standard InChI is InChI=1S/C27H33F3N4O4S/c1-16-11-22-21(12-20(16)23(35)33-39(6,36)37)32-24(31-17-7-9-19(10-8-17)38-27(28,29)30)34(22)18-13-25(2,3)15-26(4,5)14-18/h7-12,18H,13-15H2,1-6H3,(H,31,32)(H,33,35). The number of fused-ring (bicyclic) bond motifs is 1. The third kappa shape index (κ3) is 7.03. The zero-order valence-corrected chi connectivity index (χ0v) is 23.5. The van der Waals surface area contributed by atoms with Crippen molar-refractivity contribution >= 4 is 38.6 Å². The summed E-state index contributed by atoms with van der Waals surface area (Å²) in [5.74, 6) is -0.622. The molecule has 1 fully saturated rings. The molecule has 0 saturated heterocycles. The summed E-state index contributed by atoms with van der Waals surface area (Å²) in [6, 6.07) is 8.79. The lowest BCUT2D eigenvalue weighted by molar-refractivity contribution is -0.274. The van der Waals surface area contributed by atoms with Crippen LogP contribution in [0.5, 0.6) is 5.75 Å². The largest absolute Gasteiger partial charge is 0.573 e. The molecule has 2 aromatic carbocycles. The Morgan fingerprint density at radius 2 is 1.67 bits per heavy atom. The SMILES string of the molecule is Cc1cc2c(cc1C(=O)NS(C)(=O)=O)nc(Nc1ccc(OC(F)(F)F)cc1)n2C1CC(C)(C)CC(C)(C)C1. The van der Waals surface area contributed by atoms with Gasteiger partial charge in [-0.3, -0.25) is 4.79 Å². The normalized spacial score (nSPS) is 17.7. The third-order valence-corrected chi connectivity index (χ3v) is 7.36. The van der Waals surface area contributed by atoms with Crippen molar-refractivity contribution in [1.29, 1.82) is 0 Å². The summed E-state index contributed by atoms with van der Waals surface area (Å²) in [4.78, 5) is 17.4. The Bertz CT molecular complexity index is 1490. The number of aromatic nitrogens is 2. The molecule has 1 aliphatic carbocycles. The van der Waals surface area contributed by atoms with Crippen molar-refractivity contribution in [3.8, 4) is 5.75 Å². The number of halogens is 3. The average Bonchev–Trinajstić information content (AvgIpc) is 3.06. The van der Waals surface area contributed by atoms with Gasteiger partial charge < -0.3 is 14.6 Å². The van der Waals surface area contributed by atoms with E-state index in [9.17, 15) is 26.4 Å². The molecule has 1 saturated carbocycles. The number of carbonyl (C=O) groups excluding carboxylic acids is 1. The maximum absolute atomic E-state index is 12.7. The van der Waals surface area contributed by atoms with Crippen molar-refractivity contribution in [2.24, 2.45) is 10.8 Å². The van der Waals surface area contributed by atoms with Crippen molar-refractivity contribution in [1.82, 2.24) is 14.3 Å². The molecule has 4 rings (SSSR count). The fraction of sp³-hybridized carbons (Fsp3) is 0.481. The van der Waals surface area contributed by atoms with E-state index < -0.39 is 22.3 Å². The Hall–Kier alpha value is -3.28. The Morgan fingerprint density at radius 3 is 2.21 bits per heavy atom. The highest BCUT2D eigenvalue weighted by Crippen LogP contribution is 2.51. The molecule has 12 heteroatoms. The van der Waals surface area contributed by atoms with Crippen LogP contribution in [0.4, 0.5) is 24.8 Å². The molecule has 2 N–H and O–H groups in total. The molecule has 1 heterocycles. The highest BCUT2D eigenvalue weighted by Gasteiger charge is 2.40. The Morgan fingerprint density at radius 1 is 1.08 bits per heavy atom. The van der Waals surface area contributed by atoms with Crippen LogP contribution in [0.15, 0.2) is 36.4 Å². The van der Waals surface area contributed by atoms with Crippen LogP contribution in [0.2, 0.25) is 0 Å². The lowest BCUT2D eigenvalue weighted by Gasteiger charge is -2.45. The minimum atomic E-state index is -4.79. The fourth-order valence-corrected chi connectivity index (χ4v) is 6.46. The molecule has 1 aliphatic rings. The average molecular weight is 567 g/mol. The van der Waals surface area contributed by atoms with Crippen LogP contribution in [0.1, 0.15) is 68.9 Å². The summed E-state index contributed by atoms with van der Waals surface area (Å²) in [5, 5.41) is 3.23. The highest BCUT2D eigenvalue weighted by atomic mass is 32.2. The molecule has 0 spiro atoms. The number of amides is 1. The number of nitrogens with zero attached hydrogens (tertiary/aromatic N) is 2. The minimum absolute atomic E-state index is 0.0409. The molecule has 8 nitrogen and oxygen atoms in total. The molecular weight excluding hydrogens is 533 g/mol. The van der Waals surface area contributed by atoms with Crippen molar-refractivity contribution in [3.63, 3.8) is 0 Å². The van der Waals surface area contributed by atoms with Crippen LogP contribution in [0.3, 0.4) is 0 Å². The molecule has 1 aromatic heterocycles. The predicted molar refractivity (Wildman–Crippen MR) is 144 cm³/mol. The minimum Gasteiger partial charge on any atom is -0.406 e. The quantitative estimate of drug-likeness (QED) is 0.355. The lowest BCUT2D eigenvalue weighted by Crippen LogP contribution is -2.35. The first kappa shape index (κ1) is 28.7. The number of ether oxygens (including phenoxy) is 1. The van der Waals surface area contributed by atoms with Crippen LogP contribution >= 0.6 is 0 Å². The van der Waals surface area contributed by atoms with Crippen LogP contribution in [-0.4, -0.2) is 36.5 Å². The van der Waals surface area contributed by atoms with Gasteiger partial charge in [0.25, 0.3) is 5.91 Å². The van der Waals surface area contributed by atoms with Gasteiger partial charge in [0.2, 0.25) is 16.0 Å². The van der Waals surface area contributed by atoms with Crippen molar-refractivity contribution < 1.29 is 31.1 Å². The number of rotatable bonds is 6. The number of alkyl halides is 3. The van der Waals surface area contributed by atoms with Crippen LogP contribution in [0.25, 0.3) is 11.0 Å². The monoisotopic (exact) mass is 566 g/mol. The first-order valence-electron chi connectivity index (χ1n) is 12.5. The third-order valence-electron chi connectivity index (χ3n) is 6.80. The molecule has 0 aliphatic heterocycles. The summed E-state index contributed by atoms with van der Waals surface area (Å²) in [6.45, 7) is 10.6. The number of hydrogen-bond donors (Lipinski definition) is 2. The van der Waals surface area contributed by atoms with Gasteiger partial charge in [-0.2, -0.15) is 0 Å². The zero-order chi connectivity index (χ0) is 29.0. The molecule has 212 valence electrons. The highest BCUT2D eigenvalue weighted by molar-refractivity contribution is 7.89. The molecular formula is C27H33F3N4O4S.